The van der Waals surface area contributed by atoms with Crippen LogP contribution in [-0.2, 0) is 16.1 Å². The molecule has 0 radical (unpaired) electrons. The average Bonchev–Trinajstić information content (AvgIpc) is 3.06. The van der Waals surface area contributed by atoms with Gasteiger partial charge in [0.05, 0.1) is 10.5 Å². The van der Waals surface area contributed by atoms with Crippen LogP contribution in [0.1, 0.15) is 28.8 Å². The molecular formula is C18H16N2O5. The van der Waals surface area contributed by atoms with E-state index in [0.29, 0.717) is 29.8 Å². The Balaban J connectivity index is 1.65. The summed E-state index contributed by atoms with van der Waals surface area (Å²) in [6.45, 7) is 0.670. The van der Waals surface area contributed by atoms with Crippen LogP contribution in [0.15, 0.2) is 48.5 Å². The SMILES string of the molecule is O=C(OCc1ccc([N+](=O)[O-])cc1)c1cccc(N2CCCC2=O)c1. The largest absolute Gasteiger partial charge is 0.457 e. The summed E-state index contributed by atoms with van der Waals surface area (Å²) in [5.74, 6) is -0.455. The number of hydrogen-bond donors (Lipinski definition) is 0. The molecule has 7 nitrogen and oxygen atoms in total. The first-order chi connectivity index (χ1) is 12.0. The Morgan fingerprint density at radius 1 is 1.20 bits per heavy atom. The first-order valence-electron chi connectivity index (χ1n) is 7.85. The Kier molecular flexibility index (Phi) is 4.74. The lowest BCUT2D eigenvalue weighted by Crippen LogP contribution is -2.23. The zero-order chi connectivity index (χ0) is 17.8. The zero-order valence-electron chi connectivity index (χ0n) is 13.4. The zero-order valence-corrected chi connectivity index (χ0v) is 13.4. The third-order valence-electron chi connectivity index (χ3n) is 3.98. The van der Waals surface area contributed by atoms with Crippen LogP contribution in [0.4, 0.5) is 11.4 Å². The van der Waals surface area contributed by atoms with Gasteiger partial charge < -0.3 is 9.64 Å². The van der Waals surface area contributed by atoms with Crippen molar-refractivity contribution >= 4 is 23.3 Å². The van der Waals surface area contributed by atoms with Gasteiger partial charge in [-0.1, -0.05) is 6.07 Å². The predicted molar refractivity (Wildman–Crippen MR) is 90.2 cm³/mol. The Morgan fingerprint density at radius 2 is 1.96 bits per heavy atom. The van der Waals surface area contributed by atoms with Crippen LogP contribution in [0.5, 0.6) is 0 Å². The average molecular weight is 340 g/mol. The number of anilines is 1. The molecule has 25 heavy (non-hydrogen) atoms. The fourth-order valence-corrected chi connectivity index (χ4v) is 2.67. The number of nitro benzene ring substituents is 1. The van der Waals surface area contributed by atoms with Crippen LogP contribution in [0.25, 0.3) is 0 Å². The van der Waals surface area contributed by atoms with Gasteiger partial charge in [0.25, 0.3) is 5.69 Å². The Hall–Kier alpha value is -3.22. The highest BCUT2D eigenvalue weighted by atomic mass is 16.6. The van der Waals surface area contributed by atoms with Crippen molar-refractivity contribution < 1.29 is 19.2 Å². The van der Waals surface area contributed by atoms with Gasteiger partial charge in [-0.25, -0.2) is 4.79 Å². The molecule has 0 N–H and O–H groups in total. The number of ether oxygens (including phenoxy) is 1. The quantitative estimate of drug-likeness (QED) is 0.474. The van der Waals surface area contributed by atoms with Crippen LogP contribution in [0.3, 0.4) is 0 Å². The second-order valence-electron chi connectivity index (χ2n) is 5.70. The topological polar surface area (TPSA) is 89.8 Å². The number of hydrogen-bond acceptors (Lipinski definition) is 5. The van der Waals surface area contributed by atoms with Gasteiger partial charge in [0.15, 0.2) is 0 Å². The van der Waals surface area contributed by atoms with Crippen molar-refractivity contribution in [2.24, 2.45) is 0 Å². The molecule has 0 spiro atoms. The lowest BCUT2D eigenvalue weighted by molar-refractivity contribution is -0.384. The van der Waals surface area contributed by atoms with E-state index in [0.717, 1.165) is 6.42 Å². The molecule has 0 unspecified atom stereocenters. The second kappa shape index (κ2) is 7.12. The van der Waals surface area contributed by atoms with Crippen LogP contribution >= 0.6 is 0 Å². The maximum Gasteiger partial charge on any atom is 0.338 e. The fraction of sp³-hybridized carbons (Fsp3) is 0.222. The summed E-state index contributed by atoms with van der Waals surface area (Å²) in [4.78, 5) is 35.8. The highest BCUT2D eigenvalue weighted by Gasteiger charge is 2.22. The van der Waals surface area contributed by atoms with Gasteiger partial charge in [-0.15, -0.1) is 0 Å². The molecule has 1 saturated heterocycles. The highest BCUT2D eigenvalue weighted by molar-refractivity contribution is 5.97. The van der Waals surface area contributed by atoms with E-state index >= 15 is 0 Å². The summed E-state index contributed by atoms with van der Waals surface area (Å²) < 4.78 is 5.25. The van der Waals surface area contributed by atoms with Gasteiger partial charge in [0.2, 0.25) is 5.91 Å². The van der Waals surface area contributed by atoms with Gasteiger partial charge in [-0.2, -0.15) is 0 Å². The molecule has 0 saturated carbocycles. The molecule has 2 aromatic rings. The normalized spacial score (nSPS) is 13.8. The van der Waals surface area contributed by atoms with Crippen molar-refractivity contribution in [2.75, 3.05) is 11.4 Å². The molecule has 1 amide bonds. The first kappa shape index (κ1) is 16.6. The molecular weight excluding hydrogens is 324 g/mol. The molecule has 0 aliphatic carbocycles. The summed E-state index contributed by atoms with van der Waals surface area (Å²) in [6.07, 6.45) is 1.34. The second-order valence-corrected chi connectivity index (χ2v) is 5.70. The number of carbonyl (C=O) groups excluding carboxylic acids is 2. The summed E-state index contributed by atoms with van der Waals surface area (Å²) >= 11 is 0. The minimum atomic E-state index is -0.508. The standard InChI is InChI=1S/C18H16N2O5/c21-17-5-2-10-19(17)16-4-1-3-14(11-16)18(22)25-12-13-6-8-15(9-7-13)20(23)24/h1,3-4,6-9,11H,2,5,10,12H2. The van der Waals surface area contributed by atoms with Gasteiger partial charge in [0, 0.05) is 30.8 Å². The molecule has 1 fully saturated rings. The van der Waals surface area contributed by atoms with E-state index in [9.17, 15) is 19.7 Å². The number of carbonyl (C=O) groups is 2. The first-order valence-corrected chi connectivity index (χ1v) is 7.85. The van der Waals surface area contributed by atoms with Gasteiger partial charge in [0.1, 0.15) is 6.61 Å². The van der Waals surface area contributed by atoms with Crippen LogP contribution < -0.4 is 4.90 Å². The third kappa shape index (κ3) is 3.82. The number of nitro groups is 1. The molecule has 2 aromatic carbocycles. The van der Waals surface area contributed by atoms with Crippen molar-refractivity contribution in [2.45, 2.75) is 19.4 Å². The van der Waals surface area contributed by atoms with E-state index in [1.807, 2.05) is 0 Å². The molecule has 3 rings (SSSR count). The van der Waals surface area contributed by atoms with Crippen LogP contribution in [0, 0.1) is 10.1 Å². The number of non-ortho nitro benzene ring substituents is 1. The monoisotopic (exact) mass is 340 g/mol. The minimum absolute atomic E-state index is 0.0157. The van der Waals surface area contributed by atoms with Gasteiger partial charge >= 0.3 is 5.97 Å². The maximum absolute atomic E-state index is 12.2. The molecule has 1 aliphatic heterocycles. The summed E-state index contributed by atoms with van der Waals surface area (Å²) in [5.41, 5.74) is 1.69. The summed E-state index contributed by atoms with van der Waals surface area (Å²) in [7, 11) is 0. The van der Waals surface area contributed by atoms with E-state index in [1.165, 1.54) is 12.1 Å². The molecule has 1 heterocycles. The van der Waals surface area contributed by atoms with Crippen LogP contribution in [0.2, 0.25) is 0 Å². The third-order valence-corrected chi connectivity index (χ3v) is 3.98. The number of benzene rings is 2. The van der Waals surface area contributed by atoms with E-state index in [4.69, 9.17) is 4.74 Å². The van der Waals surface area contributed by atoms with Crippen molar-refractivity contribution in [3.05, 3.63) is 69.8 Å². The number of rotatable bonds is 5. The smallest absolute Gasteiger partial charge is 0.338 e. The fourth-order valence-electron chi connectivity index (χ4n) is 2.67. The van der Waals surface area contributed by atoms with E-state index < -0.39 is 10.9 Å². The summed E-state index contributed by atoms with van der Waals surface area (Å²) in [5, 5.41) is 10.6. The molecule has 0 aromatic heterocycles. The van der Waals surface area contributed by atoms with Crippen molar-refractivity contribution in [1.82, 2.24) is 0 Å². The Morgan fingerprint density at radius 3 is 2.60 bits per heavy atom. The van der Waals surface area contributed by atoms with Crippen molar-refractivity contribution in [3.63, 3.8) is 0 Å². The minimum Gasteiger partial charge on any atom is -0.457 e. The summed E-state index contributed by atoms with van der Waals surface area (Å²) in [6, 6.07) is 12.6. The molecule has 7 heteroatoms. The molecule has 1 aliphatic rings. The maximum atomic E-state index is 12.2. The number of amides is 1. The van der Waals surface area contributed by atoms with Gasteiger partial charge in [-0.3, -0.25) is 14.9 Å². The number of nitrogens with zero attached hydrogens (tertiary/aromatic N) is 2. The molecule has 0 atom stereocenters. The highest BCUT2D eigenvalue weighted by Crippen LogP contribution is 2.22. The van der Waals surface area contributed by atoms with E-state index in [2.05, 4.69) is 0 Å². The van der Waals surface area contributed by atoms with E-state index in [1.54, 1.807) is 41.3 Å². The Bertz CT molecular complexity index is 816. The Labute approximate surface area is 144 Å². The van der Waals surface area contributed by atoms with Crippen molar-refractivity contribution in [1.29, 1.82) is 0 Å². The number of esters is 1. The molecule has 128 valence electrons. The molecule has 0 bridgehead atoms. The van der Waals surface area contributed by atoms with Crippen molar-refractivity contribution in [3.8, 4) is 0 Å². The van der Waals surface area contributed by atoms with Gasteiger partial charge in [-0.05, 0) is 42.3 Å². The lowest BCUT2D eigenvalue weighted by atomic mass is 10.2. The predicted octanol–water partition coefficient (Wildman–Crippen LogP) is 3.08. The van der Waals surface area contributed by atoms with E-state index in [-0.39, 0.29) is 18.2 Å². The lowest BCUT2D eigenvalue weighted by Gasteiger charge is -2.16. The van der Waals surface area contributed by atoms with Crippen LogP contribution in [-0.4, -0.2) is 23.3 Å².